The molecule has 0 unspecified atom stereocenters. The van der Waals surface area contributed by atoms with Crippen LogP contribution in [-0.4, -0.2) is 24.5 Å². The van der Waals surface area contributed by atoms with Gasteiger partial charge in [0.25, 0.3) is 0 Å². The van der Waals surface area contributed by atoms with Crippen molar-refractivity contribution in [2.45, 2.75) is 107 Å². The van der Waals surface area contributed by atoms with Gasteiger partial charge in [-0.05, 0) is 52.0 Å². The van der Waals surface area contributed by atoms with Gasteiger partial charge in [0.1, 0.15) is 11.6 Å². The van der Waals surface area contributed by atoms with E-state index in [-0.39, 0.29) is 42.7 Å². The van der Waals surface area contributed by atoms with Crippen LogP contribution in [0.3, 0.4) is 0 Å². The molecular weight excluding hydrogens is 832 g/mol. The van der Waals surface area contributed by atoms with Gasteiger partial charge < -0.3 is 5.11 Å². The van der Waals surface area contributed by atoms with Gasteiger partial charge in [-0.15, -0.1) is 29.3 Å². The average molecular weight is 887 g/mol. The Bertz CT molecular complexity index is 2430. The molecule has 0 atom stereocenters. The number of hydrogen-bond acceptors (Lipinski definition) is 4. The summed E-state index contributed by atoms with van der Waals surface area (Å²) >= 11 is 0. The molecule has 0 saturated carbocycles. The summed E-state index contributed by atoms with van der Waals surface area (Å²) in [6.45, 7) is 28.5. The standard InChI is InChI=1S/C47H55N4O.Pt/c1-29(45(5,6)7)40-39(38(52)28-44(2,3)4)42-49-41-35(20-17-21-37(41)51(42)43(50-40)47(11,12)13)32-24-33(26-34(25-32)46(8,9)10)36-27-31(22-23-48-36)30-18-15-14-16-19-30;/h14-23,25-27,52H,28H2,1-13H3;/q-1;/b39-38-,40-29-;. The number of aromatic nitrogens is 4. The summed E-state index contributed by atoms with van der Waals surface area (Å²) in [5.74, 6) is 1.22. The number of rotatable bonds is 4. The van der Waals surface area contributed by atoms with Crippen LogP contribution in [0, 0.1) is 16.9 Å². The van der Waals surface area contributed by atoms with Gasteiger partial charge in [0.15, 0.2) is 5.65 Å². The van der Waals surface area contributed by atoms with Crippen LogP contribution in [0.1, 0.15) is 108 Å². The summed E-state index contributed by atoms with van der Waals surface area (Å²) in [5, 5.41) is 13.6. The normalized spacial score (nSPS) is 14.0. The minimum absolute atomic E-state index is 0. The third kappa shape index (κ3) is 8.21. The first kappa shape index (κ1) is 40.1. The van der Waals surface area contributed by atoms with E-state index in [1.165, 1.54) is 5.56 Å². The van der Waals surface area contributed by atoms with Gasteiger partial charge in [-0.25, -0.2) is 9.97 Å². The first-order valence-corrected chi connectivity index (χ1v) is 18.5. The second kappa shape index (κ2) is 14.3. The maximum Gasteiger partial charge on any atom is 0.151 e. The molecule has 1 N–H and O–H groups in total. The number of benzene rings is 3. The number of fused-ring (bicyclic) bond motifs is 3. The number of para-hydroxylation sites is 1. The molecule has 6 aromatic rings. The van der Waals surface area contributed by atoms with Crippen molar-refractivity contribution in [2.75, 3.05) is 0 Å². The average Bonchev–Trinajstić information content (AvgIpc) is 3.45. The molecule has 280 valence electrons. The largest absolute Gasteiger partial charge is 0.511 e. The van der Waals surface area contributed by atoms with Crippen molar-refractivity contribution in [3.05, 3.63) is 107 Å². The van der Waals surface area contributed by atoms with Gasteiger partial charge in [-0.2, -0.15) is 0 Å². The van der Waals surface area contributed by atoms with Crippen molar-refractivity contribution < 1.29 is 26.2 Å². The number of aliphatic hydroxyl groups excluding tert-OH is 1. The van der Waals surface area contributed by atoms with Crippen LogP contribution in [0.2, 0.25) is 0 Å². The zero-order chi connectivity index (χ0) is 38.0. The first-order chi connectivity index (χ1) is 24.1. The molecule has 0 radical (unpaired) electrons. The second-order valence-electron chi connectivity index (χ2n) is 18.7. The van der Waals surface area contributed by atoms with Gasteiger partial charge >= 0.3 is 0 Å². The molecule has 0 amide bonds. The van der Waals surface area contributed by atoms with Crippen LogP contribution < -0.4 is 10.6 Å². The molecule has 6 rings (SSSR count). The number of nitrogens with zero attached hydrogens (tertiary/aromatic N) is 4. The predicted octanol–water partition coefficient (Wildman–Crippen LogP) is 11.0. The second-order valence-corrected chi connectivity index (χ2v) is 18.7. The van der Waals surface area contributed by atoms with Gasteiger partial charge in [0.2, 0.25) is 0 Å². The third-order valence-corrected chi connectivity index (χ3v) is 9.88. The summed E-state index contributed by atoms with van der Waals surface area (Å²) in [4.78, 5) is 15.8. The number of aliphatic hydroxyl groups is 1. The maximum atomic E-state index is 12.0. The van der Waals surface area contributed by atoms with Gasteiger partial charge in [0.05, 0.1) is 21.6 Å². The van der Waals surface area contributed by atoms with E-state index in [1.54, 1.807) is 0 Å². The van der Waals surface area contributed by atoms with Crippen LogP contribution in [0.5, 0.6) is 0 Å². The van der Waals surface area contributed by atoms with Crippen molar-refractivity contribution >= 4 is 28.0 Å². The molecule has 3 aromatic carbocycles. The zero-order valence-electron chi connectivity index (χ0n) is 33.8. The molecular formula is C47H55N4OPt-. The van der Waals surface area contributed by atoms with E-state index in [0.717, 1.165) is 66.9 Å². The van der Waals surface area contributed by atoms with E-state index in [9.17, 15) is 5.11 Å². The topological polar surface area (TPSA) is 63.3 Å². The van der Waals surface area contributed by atoms with E-state index in [1.807, 2.05) is 12.3 Å². The van der Waals surface area contributed by atoms with Crippen molar-refractivity contribution in [1.82, 2.24) is 19.4 Å². The number of hydrogen-bond donors (Lipinski definition) is 1. The Hall–Kier alpha value is -4.08. The maximum absolute atomic E-state index is 12.0. The molecule has 3 aromatic heterocycles. The minimum Gasteiger partial charge on any atom is -0.511 e. The van der Waals surface area contributed by atoms with E-state index < -0.39 is 0 Å². The molecule has 5 nitrogen and oxygen atoms in total. The van der Waals surface area contributed by atoms with Crippen LogP contribution in [0.4, 0.5) is 0 Å². The molecule has 0 spiro atoms. The summed E-state index contributed by atoms with van der Waals surface area (Å²) in [7, 11) is 0. The van der Waals surface area contributed by atoms with E-state index in [4.69, 9.17) is 15.0 Å². The van der Waals surface area contributed by atoms with Gasteiger partial charge in [-0.3, -0.25) is 9.38 Å². The Balaban J connectivity index is 0.00000541. The van der Waals surface area contributed by atoms with Crippen molar-refractivity contribution in [3.8, 4) is 33.5 Å². The fraction of sp³-hybridized carbons (Fsp3) is 0.383. The molecule has 6 heteroatoms. The SMILES string of the molecule is C/C(=c1/nc(C(C)(C)C)n2c(nc3c(-c4[c-]c(-c5cc(-c6ccccc6)ccn5)cc(C(C)(C)C)c4)cccc32)/c1=C(\O)CC(C)(C)C)C(C)(C)C.[Pt]. The van der Waals surface area contributed by atoms with E-state index >= 15 is 0 Å². The molecule has 0 fully saturated rings. The summed E-state index contributed by atoms with van der Waals surface area (Å²) in [6, 6.07) is 29.2. The molecule has 0 aliphatic heterocycles. The first-order valence-electron chi connectivity index (χ1n) is 18.5. The minimum atomic E-state index is -0.312. The van der Waals surface area contributed by atoms with E-state index in [2.05, 4.69) is 167 Å². The number of pyridine rings is 1. The molecule has 53 heavy (non-hydrogen) atoms. The molecule has 0 aliphatic rings. The summed E-state index contributed by atoms with van der Waals surface area (Å²) in [6.07, 6.45) is 2.38. The Morgan fingerprint density at radius 3 is 2.00 bits per heavy atom. The zero-order valence-corrected chi connectivity index (χ0v) is 36.0. The fourth-order valence-electron chi connectivity index (χ4n) is 6.68. The van der Waals surface area contributed by atoms with Crippen LogP contribution in [-0.2, 0) is 31.9 Å². The van der Waals surface area contributed by atoms with Crippen molar-refractivity contribution in [3.63, 3.8) is 0 Å². The molecule has 0 saturated heterocycles. The quantitative estimate of drug-likeness (QED) is 0.179. The van der Waals surface area contributed by atoms with Gasteiger partial charge in [0, 0.05) is 44.8 Å². The van der Waals surface area contributed by atoms with Crippen LogP contribution in [0.15, 0.2) is 79.0 Å². The third-order valence-electron chi connectivity index (χ3n) is 9.88. The predicted molar refractivity (Wildman–Crippen MR) is 219 cm³/mol. The van der Waals surface area contributed by atoms with E-state index in [0.29, 0.717) is 17.4 Å². The Kier molecular flexibility index (Phi) is 10.8. The molecule has 0 bridgehead atoms. The summed E-state index contributed by atoms with van der Waals surface area (Å²) in [5.41, 5.74) is 10.1. The molecule has 3 heterocycles. The number of imidazole rings is 1. The van der Waals surface area contributed by atoms with Crippen LogP contribution in [0.25, 0.3) is 61.5 Å². The Labute approximate surface area is 330 Å². The van der Waals surface area contributed by atoms with Crippen molar-refractivity contribution in [2.24, 2.45) is 10.8 Å². The smallest absolute Gasteiger partial charge is 0.151 e. The van der Waals surface area contributed by atoms with Gasteiger partial charge in [-0.1, -0.05) is 143 Å². The molecule has 0 aliphatic carbocycles. The fourth-order valence-corrected chi connectivity index (χ4v) is 6.68. The monoisotopic (exact) mass is 886 g/mol. The Morgan fingerprint density at radius 1 is 0.736 bits per heavy atom. The van der Waals surface area contributed by atoms with Crippen molar-refractivity contribution in [1.29, 1.82) is 0 Å². The Morgan fingerprint density at radius 2 is 1.40 bits per heavy atom. The summed E-state index contributed by atoms with van der Waals surface area (Å²) < 4.78 is 2.19. The van der Waals surface area contributed by atoms with Crippen LogP contribution >= 0.6 is 0 Å².